The Labute approximate surface area is 141 Å². The van der Waals surface area contributed by atoms with Gasteiger partial charge in [0.05, 0.1) is 6.04 Å². The molecule has 3 N–H and O–H groups in total. The fourth-order valence-electron chi connectivity index (χ4n) is 2.87. The highest BCUT2D eigenvalue weighted by Crippen LogP contribution is 2.24. The topological polar surface area (TPSA) is 75.4 Å². The number of nitrogens with two attached hydrogens (primary N) is 1. The Morgan fingerprint density at radius 2 is 1.96 bits per heavy atom. The first-order chi connectivity index (χ1) is 11.6. The number of anilines is 2. The van der Waals surface area contributed by atoms with Crippen LogP contribution in [0.15, 0.2) is 54.6 Å². The average molecular weight is 323 g/mol. The molecule has 2 amide bonds. The van der Waals surface area contributed by atoms with E-state index >= 15 is 0 Å². The molecule has 1 saturated heterocycles. The van der Waals surface area contributed by atoms with Crippen LogP contribution in [0.1, 0.15) is 18.4 Å². The first-order valence-electron chi connectivity index (χ1n) is 8.14. The van der Waals surface area contributed by atoms with Gasteiger partial charge in [-0.05, 0) is 36.6 Å². The zero-order valence-electron chi connectivity index (χ0n) is 13.4. The minimum absolute atomic E-state index is 0.124. The Morgan fingerprint density at radius 3 is 2.67 bits per heavy atom. The van der Waals surface area contributed by atoms with Crippen LogP contribution in [-0.4, -0.2) is 24.4 Å². The van der Waals surface area contributed by atoms with Crippen molar-refractivity contribution >= 4 is 23.2 Å². The van der Waals surface area contributed by atoms with Gasteiger partial charge in [-0.2, -0.15) is 0 Å². The predicted octanol–water partition coefficient (Wildman–Crippen LogP) is 2.32. The van der Waals surface area contributed by atoms with E-state index in [0.717, 1.165) is 24.2 Å². The lowest BCUT2D eigenvalue weighted by Gasteiger charge is -2.17. The normalized spacial score (nSPS) is 15.4. The van der Waals surface area contributed by atoms with Crippen molar-refractivity contribution < 1.29 is 9.59 Å². The number of carbonyl (C=O) groups is 2. The number of carbonyl (C=O) groups excluding carboxylic acids is 2. The second-order valence-corrected chi connectivity index (χ2v) is 5.98. The quantitative estimate of drug-likeness (QED) is 0.886. The molecule has 1 unspecified atom stereocenters. The molecule has 0 spiro atoms. The van der Waals surface area contributed by atoms with E-state index in [9.17, 15) is 9.59 Å². The monoisotopic (exact) mass is 323 g/mol. The first-order valence-corrected chi connectivity index (χ1v) is 8.14. The van der Waals surface area contributed by atoms with Gasteiger partial charge in [-0.1, -0.05) is 36.4 Å². The van der Waals surface area contributed by atoms with Crippen LogP contribution in [0.4, 0.5) is 11.4 Å². The number of hydrogen-bond donors (Lipinski definition) is 2. The largest absolute Gasteiger partial charge is 0.325 e. The number of hydrogen-bond acceptors (Lipinski definition) is 3. The van der Waals surface area contributed by atoms with Crippen LogP contribution in [0, 0.1) is 0 Å². The summed E-state index contributed by atoms with van der Waals surface area (Å²) in [7, 11) is 0. The van der Waals surface area contributed by atoms with E-state index in [1.165, 1.54) is 0 Å². The Morgan fingerprint density at radius 1 is 1.17 bits per heavy atom. The van der Waals surface area contributed by atoms with E-state index in [1.807, 2.05) is 48.5 Å². The third-order valence-electron chi connectivity index (χ3n) is 4.13. The SMILES string of the molecule is NC(Cc1ccccc1)C(=O)Nc1cccc(N2CCCC2=O)c1. The van der Waals surface area contributed by atoms with Crippen molar-refractivity contribution in [1.29, 1.82) is 0 Å². The van der Waals surface area contributed by atoms with Crippen LogP contribution >= 0.6 is 0 Å². The molecule has 124 valence electrons. The van der Waals surface area contributed by atoms with E-state index in [0.29, 0.717) is 18.5 Å². The zero-order valence-corrected chi connectivity index (χ0v) is 13.4. The van der Waals surface area contributed by atoms with Gasteiger partial charge in [0.15, 0.2) is 0 Å². The van der Waals surface area contributed by atoms with E-state index in [-0.39, 0.29) is 11.8 Å². The van der Waals surface area contributed by atoms with Crippen LogP contribution < -0.4 is 16.0 Å². The maximum Gasteiger partial charge on any atom is 0.241 e. The molecular weight excluding hydrogens is 302 g/mol. The van der Waals surface area contributed by atoms with E-state index < -0.39 is 6.04 Å². The number of nitrogens with zero attached hydrogens (tertiary/aromatic N) is 1. The molecule has 5 heteroatoms. The molecule has 0 saturated carbocycles. The summed E-state index contributed by atoms with van der Waals surface area (Å²) in [5, 5.41) is 2.84. The van der Waals surface area contributed by atoms with Gasteiger partial charge in [0.25, 0.3) is 0 Å². The van der Waals surface area contributed by atoms with Crippen molar-refractivity contribution in [3.05, 3.63) is 60.2 Å². The van der Waals surface area contributed by atoms with Gasteiger partial charge in [-0.3, -0.25) is 9.59 Å². The maximum absolute atomic E-state index is 12.3. The molecule has 0 aliphatic carbocycles. The highest BCUT2D eigenvalue weighted by Gasteiger charge is 2.22. The standard InChI is InChI=1S/C19H21N3O2/c20-17(12-14-6-2-1-3-7-14)19(24)21-15-8-4-9-16(13-15)22-11-5-10-18(22)23/h1-4,6-9,13,17H,5,10-12,20H2,(H,21,24). The van der Waals surface area contributed by atoms with Gasteiger partial charge < -0.3 is 16.0 Å². The fraction of sp³-hybridized carbons (Fsp3) is 0.263. The van der Waals surface area contributed by atoms with Gasteiger partial charge in [0, 0.05) is 24.3 Å². The Bertz CT molecular complexity index is 730. The molecule has 1 aliphatic rings. The average Bonchev–Trinajstić information content (AvgIpc) is 3.02. The number of benzene rings is 2. The zero-order chi connectivity index (χ0) is 16.9. The lowest BCUT2D eigenvalue weighted by Crippen LogP contribution is -2.37. The van der Waals surface area contributed by atoms with Gasteiger partial charge in [-0.25, -0.2) is 0 Å². The lowest BCUT2D eigenvalue weighted by molar-refractivity contribution is -0.118. The molecule has 0 bridgehead atoms. The van der Waals surface area contributed by atoms with Crippen molar-refractivity contribution in [2.75, 3.05) is 16.8 Å². The second-order valence-electron chi connectivity index (χ2n) is 5.98. The molecule has 1 heterocycles. The number of amides is 2. The molecule has 0 aromatic heterocycles. The minimum Gasteiger partial charge on any atom is -0.325 e. The Kier molecular flexibility index (Phi) is 4.91. The van der Waals surface area contributed by atoms with Gasteiger partial charge in [0.1, 0.15) is 0 Å². The van der Waals surface area contributed by atoms with Crippen LogP contribution in [0.3, 0.4) is 0 Å². The van der Waals surface area contributed by atoms with Crippen molar-refractivity contribution in [3.63, 3.8) is 0 Å². The van der Waals surface area contributed by atoms with Crippen LogP contribution in [0.5, 0.6) is 0 Å². The first kappa shape index (κ1) is 16.2. The summed E-state index contributed by atoms with van der Waals surface area (Å²) < 4.78 is 0. The molecule has 2 aromatic carbocycles. The lowest BCUT2D eigenvalue weighted by atomic mass is 10.1. The van der Waals surface area contributed by atoms with Gasteiger partial charge >= 0.3 is 0 Å². The molecule has 0 radical (unpaired) electrons. The summed E-state index contributed by atoms with van der Waals surface area (Å²) >= 11 is 0. The van der Waals surface area contributed by atoms with Crippen molar-refractivity contribution in [2.24, 2.45) is 5.73 Å². The van der Waals surface area contributed by atoms with Crippen molar-refractivity contribution in [1.82, 2.24) is 0 Å². The smallest absolute Gasteiger partial charge is 0.241 e. The summed E-state index contributed by atoms with van der Waals surface area (Å²) in [5.74, 6) is -0.108. The molecule has 2 aromatic rings. The van der Waals surface area contributed by atoms with E-state index in [4.69, 9.17) is 5.73 Å². The van der Waals surface area contributed by atoms with Crippen molar-refractivity contribution in [3.8, 4) is 0 Å². The summed E-state index contributed by atoms with van der Waals surface area (Å²) in [6, 6.07) is 16.4. The minimum atomic E-state index is -0.621. The highest BCUT2D eigenvalue weighted by atomic mass is 16.2. The van der Waals surface area contributed by atoms with Gasteiger partial charge in [0.2, 0.25) is 11.8 Å². The van der Waals surface area contributed by atoms with E-state index in [2.05, 4.69) is 5.32 Å². The molecule has 5 nitrogen and oxygen atoms in total. The number of nitrogens with one attached hydrogen (secondary N) is 1. The van der Waals surface area contributed by atoms with Gasteiger partial charge in [-0.15, -0.1) is 0 Å². The third-order valence-corrected chi connectivity index (χ3v) is 4.13. The van der Waals surface area contributed by atoms with Crippen molar-refractivity contribution in [2.45, 2.75) is 25.3 Å². The highest BCUT2D eigenvalue weighted by molar-refractivity contribution is 5.98. The molecule has 1 aliphatic heterocycles. The third kappa shape index (κ3) is 3.81. The Balaban J connectivity index is 1.65. The fourth-order valence-corrected chi connectivity index (χ4v) is 2.87. The molecule has 24 heavy (non-hydrogen) atoms. The predicted molar refractivity (Wildman–Crippen MR) is 94.8 cm³/mol. The second kappa shape index (κ2) is 7.27. The molecule has 1 fully saturated rings. The molecule has 1 atom stereocenters. The summed E-state index contributed by atoms with van der Waals surface area (Å²) in [6.45, 7) is 0.726. The van der Waals surface area contributed by atoms with Crippen LogP contribution in [0.25, 0.3) is 0 Å². The van der Waals surface area contributed by atoms with Crippen LogP contribution in [-0.2, 0) is 16.0 Å². The maximum atomic E-state index is 12.3. The van der Waals surface area contributed by atoms with E-state index in [1.54, 1.807) is 11.0 Å². The number of rotatable bonds is 5. The summed E-state index contributed by atoms with van der Waals surface area (Å²) in [5.41, 5.74) is 8.49. The molecular formula is C19H21N3O2. The Hall–Kier alpha value is -2.66. The summed E-state index contributed by atoms with van der Waals surface area (Å²) in [6.07, 6.45) is 1.94. The summed E-state index contributed by atoms with van der Waals surface area (Å²) in [4.78, 5) is 25.9. The van der Waals surface area contributed by atoms with Crippen LogP contribution in [0.2, 0.25) is 0 Å². The molecule has 3 rings (SSSR count).